The number of benzene rings is 1. The third-order valence-electron chi connectivity index (χ3n) is 5.26. The molecule has 1 aromatic carbocycles. The second kappa shape index (κ2) is 13.5. The molecule has 0 atom stereocenters. The lowest BCUT2D eigenvalue weighted by atomic mass is 9.96. The first-order chi connectivity index (χ1) is 15.5. The summed E-state index contributed by atoms with van der Waals surface area (Å²) in [6.07, 6.45) is 2.19. The van der Waals surface area contributed by atoms with Crippen molar-refractivity contribution in [1.29, 1.82) is 0 Å². The summed E-state index contributed by atoms with van der Waals surface area (Å²) in [5.41, 5.74) is 5.17. The van der Waals surface area contributed by atoms with Gasteiger partial charge in [-0.05, 0) is 57.5 Å². The summed E-state index contributed by atoms with van der Waals surface area (Å²) < 4.78 is 15.6. The lowest BCUT2D eigenvalue weighted by Gasteiger charge is -2.30. The van der Waals surface area contributed by atoms with Crippen LogP contribution in [0.2, 0.25) is 0 Å². The van der Waals surface area contributed by atoms with Crippen molar-refractivity contribution >= 4 is 17.7 Å². The second-order valence-electron chi connectivity index (χ2n) is 7.46. The molecule has 0 aromatic heterocycles. The Bertz CT molecular complexity index is 765. The quantitative estimate of drug-likeness (QED) is 0.336. The number of ether oxygens (including phenoxy) is 3. The molecule has 10 nitrogen and oxygen atoms in total. The Morgan fingerprint density at radius 2 is 1.78 bits per heavy atom. The lowest BCUT2D eigenvalue weighted by molar-refractivity contribution is -0.127. The molecule has 0 spiro atoms. The van der Waals surface area contributed by atoms with Crippen molar-refractivity contribution in [1.82, 2.24) is 21.1 Å². The van der Waals surface area contributed by atoms with Gasteiger partial charge in [-0.3, -0.25) is 30.1 Å². The van der Waals surface area contributed by atoms with Gasteiger partial charge in [0, 0.05) is 31.2 Å². The number of carbonyl (C=O) groups excluding carboxylic acids is 3. The molecule has 0 aliphatic carbocycles. The van der Waals surface area contributed by atoms with Crippen LogP contribution in [0.4, 0.5) is 0 Å². The summed E-state index contributed by atoms with van der Waals surface area (Å²) in [6.45, 7) is 5.32. The SMILES string of the molecule is CCOCCCNC(=O)C1CCN(CC(=O)NNC(=O)c2ccc(OC)c(OC)c2)CC1. The number of amides is 3. The van der Waals surface area contributed by atoms with Crippen molar-refractivity contribution in [2.24, 2.45) is 5.92 Å². The van der Waals surface area contributed by atoms with Crippen molar-refractivity contribution in [2.45, 2.75) is 26.2 Å². The molecule has 1 heterocycles. The number of piperidine rings is 1. The fraction of sp³-hybridized carbons (Fsp3) is 0.591. The van der Waals surface area contributed by atoms with Crippen LogP contribution in [0.15, 0.2) is 18.2 Å². The normalized spacial score (nSPS) is 14.5. The monoisotopic (exact) mass is 450 g/mol. The molecule has 2 rings (SSSR count). The molecular formula is C22H34N4O6. The average Bonchev–Trinajstić information content (AvgIpc) is 2.82. The van der Waals surface area contributed by atoms with Gasteiger partial charge in [0.05, 0.1) is 20.8 Å². The standard InChI is InChI=1S/C22H34N4O6/c1-4-32-13-5-10-23-21(28)16-8-11-26(12-9-16)15-20(27)24-25-22(29)17-6-7-18(30-2)19(14-17)31-3/h6-7,14,16H,4-5,8-13,15H2,1-3H3,(H,23,28)(H,24,27)(H,25,29). The Labute approximate surface area is 188 Å². The maximum atomic E-state index is 12.3. The molecule has 0 unspecified atom stereocenters. The zero-order valence-electron chi connectivity index (χ0n) is 19.1. The highest BCUT2D eigenvalue weighted by Crippen LogP contribution is 2.27. The average molecular weight is 451 g/mol. The van der Waals surface area contributed by atoms with E-state index in [-0.39, 0.29) is 24.3 Å². The van der Waals surface area contributed by atoms with Gasteiger partial charge in [0.2, 0.25) is 5.91 Å². The largest absolute Gasteiger partial charge is 0.493 e. The zero-order valence-corrected chi connectivity index (χ0v) is 19.1. The summed E-state index contributed by atoms with van der Waals surface area (Å²) in [6, 6.07) is 4.73. The Morgan fingerprint density at radius 1 is 1.06 bits per heavy atom. The number of hydrogen-bond acceptors (Lipinski definition) is 7. The van der Waals surface area contributed by atoms with E-state index in [0.29, 0.717) is 62.8 Å². The maximum Gasteiger partial charge on any atom is 0.269 e. The lowest BCUT2D eigenvalue weighted by Crippen LogP contribution is -2.48. The molecule has 178 valence electrons. The van der Waals surface area contributed by atoms with Crippen LogP contribution in [0.3, 0.4) is 0 Å². The number of nitrogens with zero attached hydrogens (tertiary/aromatic N) is 1. The zero-order chi connectivity index (χ0) is 23.3. The summed E-state index contributed by atoms with van der Waals surface area (Å²) >= 11 is 0. The molecule has 10 heteroatoms. The minimum absolute atomic E-state index is 0.0360. The van der Waals surface area contributed by atoms with E-state index in [1.54, 1.807) is 12.1 Å². The number of hydrogen-bond donors (Lipinski definition) is 3. The van der Waals surface area contributed by atoms with E-state index in [1.807, 2.05) is 11.8 Å². The van der Waals surface area contributed by atoms with Gasteiger partial charge >= 0.3 is 0 Å². The maximum absolute atomic E-state index is 12.3. The number of hydrazine groups is 1. The van der Waals surface area contributed by atoms with Crippen molar-refractivity contribution in [3.8, 4) is 11.5 Å². The van der Waals surface area contributed by atoms with Crippen LogP contribution in [-0.2, 0) is 14.3 Å². The summed E-state index contributed by atoms with van der Waals surface area (Å²) in [4.78, 5) is 38.7. The molecule has 1 saturated heterocycles. The topological polar surface area (TPSA) is 118 Å². The number of nitrogens with one attached hydrogen (secondary N) is 3. The summed E-state index contributed by atoms with van der Waals surface area (Å²) in [5.74, 6) is 0.180. The molecule has 1 fully saturated rings. The summed E-state index contributed by atoms with van der Waals surface area (Å²) in [7, 11) is 2.99. The van der Waals surface area contributed by atoms with E-state index in [1.165, 1.54) is 20.3 Å². The number of likely N-dealkylation sites (tertiary alicyclic amines) is 1. The predicted octanol–water partition coefficient (Wildman–Crippen LogP) is 0.720. The minimum atomic E-state index is -0.459. The van der Waals surface area contributed by atoms with Gasteiger partial charge < -0.3 is 19.5 Å². The predicted molar refractivity (Wildman–Crippen MR) is 118 cm³/mol. The number of methoxy groups -OCH3 is 2. The van der Waals surface area contributed by atoms with Crippen LogP contribution < -0.4 is 25.6 Å². The second-order valence-corrected chi connectivity index (χ2v) is 7.46. The van der Waals surface area contributed by atoms with Crippen LogP contribution in [0.25, 0.3) is 0 Å². The van der Waals surface area contributed by atoms with Gasteiger partial charge in [0.1, 0.15) is 0 Å². The molecule has 0 bridgehead atoms. The van der Waals surface area contributed by atoms with Gasteiger partial charge in [0.15, 0.2) is 11.5 Å². The molecule has 3 amide bonds. The van der Waals surface area contributed by atoms with Gasteiger partial charge in [-0.1, -0.05) is 0 Å². The van der Waals surface area contributed by atoms with Crippen LogP contribution in [0.1, 0.15) is 36.5 Å². The first-order valence-corrected chi connectivity index (χ1v) is 10.9. The fourth-order valence-corrected chi connectivity index (χ4v) is 3.45. The fourth-order valence-electron chi connectivity index (χ4n) is 3.45. The molecule has 1 aliphatic rings. The Hall–Kier alpha value is -2.85. The molecule has 0 saturated carbocycles. The minimum Gasteiger partial charge on any atom is -0.493 e. The van der Waals surface area contributed by atoms with E-state index in [2.05, 4.69) is 16.2 Å². The molecule has 1 aromatic rings. The van der Waals surface area contributed by atoms with Crippen molar-refractivity contribution in [3.63, 3.8) is 0 Å². The Morgan fingerprint density at radius 3 is 2.44 bits per heavy atom. The smallest absolute Gasteiger partial charge is 0.269 e. The Kier molecular flexibility index (Phi) is 10.8. The van der Waals surface area contributed by atoms with Crippen LogP contribution in [-0.4, -0.2) is 76.2 Å². The third-order valence-corrected chi connectivity index (χ3v) is 5.26. The van der Waals surface area contributed by atoms with E-state index < -0.39 is 5.91 Å². The Balaban J connectivity index is 1.68. The van der Waals surface area contributed by atoms with Crippen molar-refractivity contribution in [2.75, 3.05) is 53.6 Å². The van der Waals surface area contributed by atoms with Gasteiger partial charge in [0.25, 0.3) is 11.8 Å². The van der Waals surface area contributed by atoms with Crippen LogP contribution in [0.5, 0.6) is 11.5 Å². The third kappa shape index (κ3) is 8.01. The molecule has 1 aliphatic heterocycles. The highest BCUT2D eigenvalue weighted by molar-refractivity contribution is 5.96. The highest BCUT2D eigenvalue weighted by Gasteiger charge is 2.25. The highest BCUT2D eigenvalue weighted by atomic mass is 16.5. The van der Waals surface area contributed by atoms with Gasteiger partial charge in [-0.25, -0.2) is 0 Å². The van der Waals surface area contributed by atoms with Crippen molar-refractivity contribution in [3.05, 3.63) is 23.8 Å². The van der Waals surface area contributed by atoms with Gasteiger partial charge in [-0.2, -0.15) is 0 Å². The van der Waals surface area contributed by atoms with Crippen LogP contribution >= 0.6 is 0 Å². The van der Waals surface area contributed by atoms with E-state index >= 15 is 0 Å². The molecule has 3 N–H and O–H groups in total. The molecule has 0 radical (unpaired) electrons. The van der Waals surface area contributed by atoms with E-state index in [9.17, 15) is 14.4 Å². The van der Waals surface area contributed by atoms with Gasteiger partial charge in [-0.15, -0.1) is 0 Å². The number of rotatable bonds is 11. The van der Waals surface area contributed by atoms with E-state index in [4.69, 9.17) is 14.2 Å². The van der Waals surface area contributed by atoms with E-state index in [0.717, 1.165) is 6.42 Å². The van der Waals surface area contributed by atoms with Crippen LogP contribution in [0, 0.1) is 5.92 Å². The number of carbonyl (C=O) groups is 3. The first kappa shape index (κ1) is 25.4. The summed E-state index contributed by atoms with van der Waals surface area (Å²) in [5, 5.41) is 2.95. The molecule has 32 heavy (non-hydrogen) atoms. The van der Waals surface area contributed by atoms with Crippen molar-refractivity contribution < 1.29 is 28.6 Å². The first-order valence-electron chi connectivity index (χ1n) is 10.9. The molecular weight excluding hydrogens is 416 g/mol.